The van der Waals surface area contributed by atoms with Crippen molar-refractivity contribution in [3.05, 3.63) is 59.2 Å². The first kappa shape index (κ1) is 17.9. The van der Waals surface area contributed by atoms with E-state index in [1.54, 1.807) is 0 Å². The van der Waals surface area contributed by atoms with Crippen molar-refractivity contribution in [2.45, 2.75) is 18.3 Å². The number of benzene rings is 1. The van der Waals surface area contributed by atoms with Crippen molar-refractivity contribution in [2.75, 3.05) is 4.90 Å². The summed E-state index contributed by atoms with van der Waals surface area (Å²) in [7, 11) is 0. The van der Waals surface area contributed by atoms with Crippen LogP contribution >= 0.6 is 0 Å². The Morgan fingerprint density at radius 2 is 1.86 bits per heavy atom. The molecule has 4 amide bonds. The molecule has 0 saturated carbocycles. The van der Waals surface area contributed by atoms with Gasteiger partial charge in [-0.15, -0.1) is 0 Å². The van der Waals surface area contributed by atoms with E-state index in [9.17, 15) is 31.9 Å². The fourth-order valence-corrected chi connectivity index (χ4v) is 3.29. The molecule has 2 aliphatic heterocycles. The van der Waals surface area contributed by atoms with Gasteiger partial charge in [0.05, 0.1) is 12.2 Å². The van der Waals surface area contributed by atoms with Crippen molar-refractivity contribution in [3.8, 4) is 0 Å². The predicted molar refractivity (Wildman–Crippen MR) is 85.2 cm³/mol. The summed E-state index contributed by atoms with van der Waals surface area (Å²) in [5, 5.41) is 4.19. The molecule has 1 aromatic carbocycles. The molecule has 1 spiro atoms. The first-order valence-electron chi connectivity index (χ1n) is 7.90. The number of carbonyl (C=O) groups is 3. The average molecular weight is 394 g/mol. The van der Waals surface area contributed by atoms with Crippen LogP contribution in [-0.4, -0.2) is 22.8 Å². The molecule has 144 valence electrons. The van der Waals surface area contributed by atoms with Crippen molar-refractivity contribution in [1.82, 2.24) is 15.6 Å². The minimum absolute atomic E-state index is 0.0549. The van der Waals surface area contributed by atoms with Gasteiger partial charge in [-0.05, 0) is 29.8 Å². The van der Waals surface area contributed by atoms with Crippen LogP contribution in [0.1, 0.15) is 16.8 Å². The number of alkyl halides is 3. The van der Waals surface area contributed by atoms with Gasteiger partial charge in [0.25, 0.3) is 11.8 Å². The molecular formula is C17H10F4N4O3. The molecule has 7 nitrogen and oxygen atoms in total. The van der Waals surface area contributed by atoms with Gasteiger partial charge < -0.3 is 10.2 Å². The molecule has 2 N–H and O–H groups in total. The molecule has 1 unspecified atom stereocenters. The molecule has 2 aromatic rings. The Morgan fingerprint density at radius 3 is 2.43 bits per heavy atom. The number of amides is 4. The maximum atomic E-state index is 13.8. The lowest BCUT2D eigenvalue weighted by atomic mass is 9.91. The van der Waals surface area contributed by atoms with Gasteiger partial charge in [0.2, 0.25) is 5.54 Å². The van der Waals surface area contributed by atoms with Crippen LogP contribution in [0.15, 0.2) is 36.5 Å². The third kappa shape index (κ3) is 2.50. The van der Waals surface area contributed by atoms with E-state index >= 15 is 0 Å². The maximum absolute atomic E-state index is 13.8. The number of halogens is 4. The van der Waals surface area contributed by atoms with Gasteiger partial charge in [-0.2, -0.15) is 13.2 Å². The van der Waals surface area contributed by atoms with Crippen LogP contribution in [0, 0.1) is 5.82 Å². The highest BCUT2D eigenvalue weighted by atomic mass is 19.4. The Bertz CT molecular complexity index is 1020. The second-order valence-corrected chi connectivity index (χ2v) is 6.26. The van der Waals surface area contributed by atoms with Gasteiger partial charge in [-0.1, -0.05) is 6.07 Å². The summed E-state index contributed by atoms with van der Waals surface area (Å²) in [6.45, 7) is -0.229. The summed E-state index contributed by atoms with van der Waals surface area (Å²) in [4.78, 5) is 41.4. The Morgan fingerprint density at radius 1 is 1.11 bits per heavy atom. The quantitative estimate of drug-likeness (QED) is 0.462. The molecule has 0 bridgehead atoms. The second kappa shape index (κ2) is 5.75. The van der Waals surface area contributed by atoms with Crippen LogP contribution in [0.5, 0.6) is 0 Å². The Kier molecular flexibility index (Phi) is 3.67. The zero-order valence-electron chi connectivity index (χ0n) is 13.8. The predicted octanol–water partition coefficient (Wildman–Crippen LogP) is 1.82. The molecule has 1 aromatic heterocycles. The van der Waals surface area contributed by atoms with Crippen molar-refractivity contribution in [3.63, 3.8) is 0 Å². The number of fused-ring (bicyclic) bond motifs is 2. The zero-order chi connectivity index (χ0) is 20.3. The molecule has 1 atom stereocenters. The summed E-state index contributed by atoms with van der Waals surface area (Å²) >= 11 is 0. The first-order valence-corrected chi connectivity index (χ1v) is 7.90. The van der Waals surface area contributed by atoms with Gasteiger partial charge in [0.15, 0.2) is 0 Å². The number of carbonyl (C=O) groups excluding carboxylic acids is 3. The summed E-state index contributed by atoms with van der Waals surface area (Å²) in [6, 6.07) is 4.28. The van der Waals surface area contributed by atoms with Gasteiger partial charge in [0, 0.05) is 11.8 Å². The Hall–Kier alpha value is -3.50. The van der Waals surface area contributed by atoms with Crippen LogP contribution < -0.4 is 15.5 Å². The second-order valence-electron chi connectivity index (χ2n) is 6.26. The fourth-order valence-electron chi connectivity index (χ4n) is 3.29. The lowest BCUT2D eigenvalue weighted by Crippen LogP contribution is -2.52. The number of nitrogens with one attached hydrogen (secondary N) is 2. The summed E-state index contributed by atoms with van der Waals surface area (Å²) in [5.74, 6) is -2.53. The van der Waals surface area contributed by atoms with E-state index in [0.29, 0.717) is 0 Å². The molecule has 1 saturated heterocycles. The van der Waals surface area contributed by atoms with Crippen molar-refractivity contribution >= 4 is 23.5 Å². The third-order valence-corrected chi connectivity index (χ3v) is 4.54. The summed E-state index contributed by atoms with van der Waals surface area (Å²) in [6.07, 6.45) is -3.65. The molecule has 0 radical (unpaired) electrons. The molecule has 4 rings (SSSR count). The number of hydrogen-bond acceptors (Lipinski definition) is 4. The highest BCUT2D eigenvalue weighted by Gasteiger charge is 2.61. The summed E-state index contributed by atoms with van der Waals surface area (Å²) < 4.78 is 51.7. The van der Waals surface area contributed by atoms with Crippen molar-refractivity contribution in [2.24, 2.45) is 0 Å². The number of aromatic nitrogens is 1. The zero-order valence-corrected chi connectivity index (χ0v) is 13.8. The van der Waals surface area contributed by atoms with E-state index in [0.717, 1.165) is 35.4 Å². The smallest absolute Gasteiger partial charge is 0.312 e. The van der Waals surface area contributed by atoms with E-state index in [4.69, 9.17) is 0 Å². The molecule has 28 heavy (non-hydrogen) atoms. The molecule has 3 heterocycles. The van der Waals surface area contributed by atoms with E-state index < -0.39 is 41.1 Å². The van der Waals surface area contributed by atoms with Gasteiger partial charge in [0.1, 0.15) is 11.5 Å². The van der Waals surface area contributed by atoms with Gasteiger partial charge in [-0.25, -0.2) is 9.18 Å². The lowest BCUT2D eigenvalue weighted by Gasteiger charge is -2.21. The molecular weight excluding hydrogens is 384 g/mol. The average Bonchev–Trinajstić information content (AvgIpc) is 3.04. The number of pyridine rings is 1. The van der Waals surface area contributed by atoms with Gasteiger partial charge >= 0.3 is 12.2 Å². The van der Waals surface area contributed by atoms with Crippen LogP contribution in [0.3, 0.4) is 0 Å². The third-order valence-electron chi connectivity index (χ3n) is 4.54. The van der Waals surface area contributed by atoms with E-state index in [1.807, 2.05) is 5.32 Å². The number of imide groups is 1. The minimum atomic E-state index is -4.61. The number of urea groups is 1. The Balaban J connectivity index is 1.74. The van der Waals surface area contributed by atoms with E-state index in [-0.39, 0.29) is 23.4 Å². The highest BCUT2D eigenvalue weighted by molar-refractivity contribution is 6.27. The molecule has 2 aliphatic rings. The van der Waals surface area contributed by atoms with Crippen LogP contribution in [0.25, 0.3) is 0 Å². The van der Waals surface area contributed by atoms with Crippen LogP contribution in [-0.2, 0) is 27.8 Å². The topological polar surface area (TPSA) is 91.4 Å². The maximum Gasteiger partial charge on any atom is 0.433 e. The van der Waals surface area contributed by atoms with Gasteiger partial charge in [-0.3, -0.25) is 19.9 Å². The number of anilines is 1. The van der Waals surface area contributed by atoms with Crippen molar-refractivity contribution < 1.29 is 31.9 Å². The molecule has 11 heteroatoms. The van der Waals surface area contributed by atoms with E-state index in [1.165, 1.54) is 6.07 Å². The first-order chi connectivity index (χ1) is 13.1. The molecule has 1 fully saturated rings. The number of hydrogen-bond donors (Lipinski definition) is 2. The fraction of sp³-hybridized carbons (Fsp3) is 0.176. The highest BCUT2D eigenvalue weighted by Crippen LogP contribution is 2.43. The lowest BCUT2D eigenvalue weighted by molar-refractivity contribution is -0.141. The summed E-state index contributed by atoms with van der Waals surface area (Å²) in [5.41, 5.74) is -2.86. The minimum Gasteiger partial charge on any atom is -0.312 e. The monoisotopic (exact) mass is 394 g/mol. The Labute approximate surface area is 154 Å². The van der Waals surface area contributed by atoms with E-state index in [2.05, 4.69) is 10.3 Å². The van der Waals surface area contributed by atoms with Crippen LogP contribution in [0.4, 0.5) is 28.0 Å². The largest absolute Gasteiger partial charge is 0.433 e. The van der Waals surface area contributed by atoms with Crippen molar-refractivity contribution in [1.29, 1.82) is 0 Å². The number of nitrogens with zero attached hydrogens (tertiary/aromatic N) is 2. The number of rotatable bonds is 2. The standard InChI is InChI=1S/C17H10F4N4O3/c18-9-2-3-11-10(5-9)16(13(26)23-15(28)24-16)14(27)25(11)7-8-1-4-12(22-6-8)17(19,20)21/h1-6H,7H2,(H2,23,24,26,28). The van der Waals surface area contributed by atoms with Crippen LogP contribution in [0.2, 0.25) is 0 Å². The molecule has 0 aliphatic carbocycles. The SMILES string of the molecule is O=C1NC(=O)C2(N1)C(=O)N(Cc1ccc(C(F)(F)F)nc1)c1ccc(F)cc12. The normalized spacial score (nSPS) is 21.1.